The minimum Gasteiger partial charge on any atom is -0.489 e. The maximum absolute atomic E-state index is 13.9. The Morgan fingerprint density at radius 2 is 1.69 bits per heavy atom. The number of carbonyl (C=O) groups is 2. The van der Waals surface area contributed by atoms with E-state index in [0.717, 1.165) is 12.1 Å². The lowest BCUT2D eigenvalue weighted by molar-refractivity contribution is -0.137. The van der Waals surface area contributed by atoms with Gasteiger partial charge in [-0.2, -0.15) is 0 Å². The van der Waals surface area contributed by atoms with Crippen LogP contribution in [-0.2, 0) is 16.2 Å². The number of amides is 1. The topological polar surface area (TPSA) is 76.1 Å². The van der Waals surface area contributed by atoms with E-state index in [1.807, 2.05) is 13.8 Å². The molecule has 2 aromatic carbocycles. The number of benzene rings is 2. The summed E-state index contributed by atoms with van der Waals surface area (Å²) in [6, 6.07) is 8.35. The molecule has 0 saturated carbocycles. The molecule has 1 amide bonds. The Morgan fingerprint density at radius 3 is 2.28 bits per heavy atom. The summed E-state index contributed by atoms with van der Waals surface area (Å²) in [5.74, 6) is -2.19. The number of rotatable bonds is 11. The van der Waals surface area contributed by atoms with Gasteiger partial charge in [-0.05, 0) is 56.7 Å². The molecule has 0 aliphatic carbocycles. The molecule has 0 spiro atoms. The average molecular weight is 447 g/mol. The maximum Gasteiger partial charge on any atom is 0.306 e. The summed E-state index contributed by atoms with van der Waals surface area (Å²) in [5, 5.41) is 8.86. The molecule has 172 valence electrons. The van der Waals surface area contributed by atoms with E-state index >= 15 is 0 Å². The fourth-order valence-corrected chi connectivity index (χ4v) is 2.99. The van der Waals surface area contributed by atoms with Crippen molar-refractivity contribution in [1.29, 1.82) is 0 Å². The second-order valence-electron chi connectivity index (χ2n) is 6.99. The van der Waals surface area contributed by atoms with Crippen LogP contribution in [0.4, 0.5) is 8.78 Å². The molecular weight excluding hydrogens is 420 g/mol. The van der Waals surface area contributed by atoms with Gasteiger partial charge in [0.1, 0.15) is 18.2 Å². The number of nitrogens with zero attached hydrogens (tertiary/aromatic N) is 1. The molecular formula is C24H27F2NO5. The van der Waals surface area contributed by atoms with Crippen molar-refractivity contribution in [2.75, 3.05) is 19.7 Å². The third-order valence-electron chi connectivity index (χ3n) is 4.75. The van der Waals surface area contributed by atoms with Gasteiger partial charge < -0.3 is 19.5 Å². The summed E-state index contributed by atoms with van der Waals surface area (Å²) in [6.45, 7) is 6.18. The predicted molar refractivity (Wildman–Crippen MR) is 116 cm³/mol. The lowest BCUT2D eigenvalue weighted by Gasteiger charge is -2.19. The second kappa shape index (κ2) is 11.8. The molecule has 6 nitrogen and oxygen atoms in total. The third kappa shape index (κ3) is 6.80. The maximum atomic E-state index is 13.9. The van der Waals surface area contributed by atoms with Crippen LogP contribution in [0.1, 0.15) is 38.3 Å². The molecule has 0 aliphatic rings. The van der Waals surface area contributed by atoms with Crippen molar-refractivity contribution in [3.63, 3.8) is 0 Å². The molecule has 0 aromatic heterocycles. The summed E-state index contributed by atoms with van der Waals surface area (Å²) in [4.78, 5) is 25.0. The quantitative estimate of drug-likeness (QED) is 0.507. The zero-order chi connectivity index (χ0) is 23.7. The predicted octanol–water partition coefficient (Wildman–Crippen LogP) is 4.67. The van der Waals surface area contributed by atoms with Gasteiger partial charge in [0, 0.05) is 18.7 Å². The van der Waals surface area contributed by atoms with Crippen molar-refractivity contribution in [2.24, 2.45) is 0 Å². The lowest BCUT2D eigenvalue weighted by atomic mass is 10.1. The van der Waals surface area contributed by atoms with Crippen molar-refractivity contribution >= 4 is 18.0 Å². The van der Waals surface area contributed by atoms with Gasteiger partial charge >= 0.3 is 5.97 Å². The van der Waals surface area contributed by atoms with Gasteiger partial charge in [-0.25, -0.2) is 8.78 Å². The summed E-state index contributed by atoms with van der Waals surface area (Å²) >= 11 is 0. The number of carboxylic acid groups (broad SMARTS) is 1. The smallest absolute Gasteiger partial charge is 0.306 e. The van der Waals surface area contributed by atoms with Crippen LogP contribution in [0.5, 0.6) is 11.5 Å². The Labute approximate surface area is 186 Å². The van der Waals surface area contributed by atoms with Gasteiger partial charge in [-0.3, -0.25) is 9.59 Å². The Morgan fingerprint density at radius 1 is 1.03 bits per heavy atom. The molecule has 0 aliphatic heterocycles. The number of halogens is 2. The van der Waals surface area contributed by atoms with E-state index in [-0.39, 0.29) is 42.6 Å². The van der Waals surface area contributed by atoms with E-state index in [1.54, 1.807) is 36.1 Å². The van der Waals surface area contributed by atoms with Crippen LogP contribution in [0.3, 0.4) is 0 Å². The standard InChI is InChI=1S/C24H27F2NO5/c1-4-27(5-2)24(30)16(3)13-17-9-10-21(22(14-17)31-12-11-23(28)29)32-15-18-19(25)7-6-8-20(18)26/h6-10,13-14H,4-5,11-12,15H2,1-3H3,(H,28,29)/b16-13-. The van der Waals surface area contributed by atoms with Crippen LogP contribution in [0.15, 0.2) is 42.0 Å². The number of ether oxygens (including phenoxy) is 2. The van der Waals surface area contributed by atoms with E-state index < -0.39 is 17.6 Å². The van der Waals surface area contributed by atoms with Crippen molar-refractivity contribution in [3.05, 3.63) is 64.7 Å². The van der Waals surface area contributed by atoms with Crippen LogP contribution in [0.2, 0.25) is 0 Å². The lowest BCUT2D eigenvalue weighted by Crippen LogP contribution is -2.30. The second-order valence-corrected chi connectivity index (χ2v) is 6.99. The fraction of sp³-hybridized carbons (Fsp3) is 0.333. The minimum atomic E-state index is -1.03. The Balaban J connectivity index is 2.28. The van der Waals surface area contributed by atoms with Crippen LogP contribution in [-0.4, -0.2) is 41.6 Å². The van der Waals surface area contributed by atoms with E-state index in [2.05, 4.69) is 0 Å². The zero-order valence-electron chi connectivity index (χ0n) is 18.4. The van der Waals surface area contributed by atoms with Crippen LogP contribution in [0.25, 0.3) is 6.08 Å². The first-order valence-corrected chi connectivity index (χ1v) is 10.3. The first-order chi connectivity index (χ1) is 15.3. The molecule has 32 heavy (non-hydrogen) atoms. The van der Waals surface area contributed by atoms with E-state index in [4.69, 9.17) is 14.6 Å². The van der Waals surface area contributed by atoms with Gasteiger partial charge in [0.25, 0.3) is 0 Å². The number of likely N-dealkylation sites (N-methyl/N-ethyl adjacent to an activating group) is 1. The number of carboxylic acids is 1. The third-order valence-corrected chi connectivity index (χ3v) is 4.75. The van der Waals surface area contributed by atoms with Gasteiger partial charge in [-0.15, -0.1) is 0 Å². The summed E-state index contributed by atoms with van der Waals surface area (Å²) in [7, 11) is 0. The number of hydrogen-bond donors (Lipinski definition) is 1. The number of hydrogen-bond acceptors (Lipinski definition) is 4. The van der Waals surface area contributed by atoms with E-state index in [9.17, 15) is 18.4 Å². The summed E-state index contributed by atoms with van der Waals surface area (Å²) in [5.41, 5.74) is 0.929. The summed E-state index contributed by atoms with van der Waals surface area (Å²) < 4.78 is 38.9. The number of aliphatic carboxylic acids is 1. The van der Waals surface area contributed by atoms with Crippen molar-refractivity contribution < 1.29 is 33.0 Å². The van der Waals surface area contributed by atoms with E-state index in [1.165, 1.54) is 6.07 Å². The highest BCUT2D eigenvalue weighted by Crippen LogP contribution is 2.31. The van der Waals surface area contributed by atoms with Crippen LogP contribution in [0, 0.1) is 11.6 Å². The van der Waals surface area contributed by atoms with Gasteiger partial charge in [0.15, 0.2) is 11.5 Å². The number of carbonyl (C=O) groups excluding carboxylic acids is 1. The average Bonchev–Trinajstić information content (AvgIpc) is 2.75. The highest BCUT2D eigenvalue weighted by molar-refractivity contribution is 5.97. The van der Waals surface area contributed by atoms with Crippen LogP contribution >= 0.6 is 0 Å². The molecule has 8 heteroatoms. The van der Waals surface area contributed by atoms with Crippen LogP contribution < -0.4 is 9.47 Å². The molecule has 0 heterocycles. The van der Waals surface area contributed by atoms with Gasteiger partial charge in [-0.1, -0.05) is 12.1 Å². The Hall–Kier alpha value is -3.42. The fourth-order valence-electron chi connectivity index (χ4n) is 2.99. The normalized spacial score (nSPS) is 11.2. The molecule has 0 radical (unpaired) electrons. The molecule has 0 unspecified atom stereocenters. The monoisotopic (exact) mass is 447 g/mol. The zero-order valence-corrected chi connectivity index (χ0v) is 18.4. The Kier molecular flexibility index (Phi) is 9.19. The largest absolute Gasteiger partial charge is 0.489 e. The van der Waals surface area contributed by atoms with E-state index in [0.29, 0.717) is 24.2 Å². The highest BCUT2D eigenvalue weighted by atomic mass is 19.1. The Bertz CT molecular complexity index is 966. The van der Waals surface area contributed by atoms with Crippen molar-refractivity contribution in [1.82, 2.24) is 4.90 Å². The molecule has 0 saturated heterocycles. The van der Waals surface area contributed by atoms with Crippen molar-refractivity contribution in [3.8, 4) is 11.5 Å². The van der Waals surface area contributed by atoms with Crippen molar-refractivity contribution in [2.45, 2.75) is 33.8 Å². The SMILES string of the molecule is CCN(CC)C(=O)/C(C)=C\c1ccc(OCc2c(F)cccc2F)c(OCCC(=O)O)c1. The first kappa shape index (κ1) is 24.8. The molecule has 2 aromatic rings. The molecule has 0 fully saturated rings. The van der Waals surface area contributed by atoms with Gasteiger partial charge in [0.05, 0.1) is 18.6 Å². The summed E-state index contributed by atoms with van der Waals surface area (Å²) in [6.07, 6.45) is 1.45. The molecule has 0 atom stereocenters. The molecule has 0 bridgehead atoms. The minimum absolute atomic E-state index is 0.0984. The molecule has 1 N–H and O–H groups in total. The van der Waals surface area contributed by atoms with Gasteiger partial charge in [0.2, 0.25) is 5.91 Å². The highest BCUT2D eigenvalue weighted by Gasteiger charge is 2.14. The first-order valence-electron chi connectivity index (χ1n) is 10.3. The molecule has 2 rings (SSSR count).